The topological polar surface area (TPSA) is 33.5 Å². The lowest BCUT2D eigenvalue weighted by molar-refractivity contribution is 0.0393. The van der Waals surface area contributed by atoms with Gasteiger partial charge in [0.25, 0.3) is 5.91 Å². The summed E-state index contributed by atoms with van der Waals surface area (Å²) in [5.74, 6) is 0.0660. The van der Waals surface area contributed by atoms with Crippen LogP contribution in [-0.2, 0) is 0 Å². The second kappa shape index (κ2) is 3.68. The number of alkyl halides is 1. The lowest BCUT2D eigenvalue weighted by atomic mass is 9.97. The van der Waals surface area contributed by atoms with Gasteiger partial charge in [-0.1, -0.05) is 0 Å². The van der Waals surface area contributed by atoms with Crippen LogP contribution in [0.15, 0.2) is 22.8 Å². The number of amides is 1. The highest BCUT2D eigenvalue weighted by Crippen LogP contribution is 2.25. The van der Waals surface area contributed by atoms with Gasteiger partial charge < -0.3 is 9.32 Å². The SMILES string of the molecule is CC1(F)CCCN(C(=O)c2ccco2)C1. The number of halogens is 1. The summed E-state index contributed by atoms with van der Waals surface area (Å²) in [5, 5.41) is 0. The first-order valence-corrected chi connectivity index (χ1v) is 5.10. The largest absolute Gasteiger partial charge is 0.459 e. The van der Waals surface area contributed by atoms with E-state index in [0.29, 0.717) is 19.4 Å². The molecule has 0 bridgehead atoms. The second-order valence-corrected chi connectivity index (χ2v) is 4.22. The Morgan fingerprint density at radius 1 is 1.67 bits per heavy atom. The molecule has 1 aromatic rings. The van der Waals surface area contributed by atoms with Crippen molar-refractivity contribution in [3.63, 3.8) is 0 Å². The number of hydrogen-bond acceptors (Lipinski definition) is 2. The van der Waals surface area contributed by atoms with E-state index in [-0.39, 0.29) is 18.2 Å². The van der Waals surface area contributed by atoms with Crippen LogP contribution in [0.2, 0.25) is 0 Å². The number of likely N-dealkylation sites (tertiary alicyclic amines) is 1. The summed E-state index contributed by atoms with van der Waals surface area (Å²) in [4.78, 5) is 13.3. The van der Waals surface area contributed by atoms with Crippen molar-refractivity contribution < 1.29 is 13.6 Å². The van der Waals surface area contributed by atoms with Gasteiger partial charge >= 0.3 is 0 Å². The first-order valence-electron chi connectivity index (χ1n) is 5.10. The standard InChI is InChI=1S/C11H14FNO2/c1-11(12)5-3-6-13(8-11)10(14)9-4-2-7-15-9/h2,4,7H,3,5-6,8H2,1H3. The third-order valence-corrected chi connectivity index (χ3v) is 2.67. The minimum absolute atomic E-state index is 0.159. The predicted octanol–water partition coefficient (Wildman–Crippen LogP) is 2.24. The summed E-state index contributed by atoms with van der Waals surface area (Å²) in [7, 11) is 0. The van der Waals surface area contributed by atoms with Crippen molar-refractivity contribution in [2.75, 3.05) is 13.1 Å². The van der Waals surface area contributed by atoms with Gasteiger partial charge in [-0.25, -0.2) is 4.39 Å². The fourth-order valence-electron chi connectivity index (χ4n) is 1.92. The molecular weight excluding hydrogens is 197 g/mol. The van der Waals surface area contributed by atoms with Gasteiger partial charge in [0.05, 0.1) is 12.8 Å². The molecule has 1 aromatic heterocycles. The number of carbonyl (C=O) groups is 1. The number of rotatable bonds is 1. The molecule has 82 valence electrons. The Morgan fingerprint density at radius 3 is 3.07 bits per heavy atom. The lowest BCUT2D eigenvalue weighted by Crippen LogP contribution is -2.46. The van der Waals surface area contributed by atoms with Gasteiger partial charge in [0.2, 0.25) is 0 Å². The highest BCUT2D eigenvalue weighted by atomic mass is 19.1. The van der Waals surface area contributed by atoms with E-state index >= 15 is 0 Å². The van der Waals surface area contributed by atoms with Gasteiger partial charge in [0, 0.05) is 6.54 Å². The van der Waals surface area contributed by atoms with E-state index in [1.54, 1.807) is 12.1 Å². The van der Waals surface area contributed by atoms with Crippen LogP contribution in [0, 0.1) is 0 Å². The van der Waals surface area contributed by atoms with Crippen LogP contribution in [0.3, 0.4) is 0 Å². The summed E-state index contributed by atoms with van der Waals surface area (Å²) in [6.45, 7) is 2.31. The Labute approximate surface area is 87.9 Å². The molecule has 1 atom stereocenters. The molecule has 1 amide bonds. The molecule has 0 radical (unpaired) electrons. The minimum atomic E-state index is -1.26. The third-order valence-electron chi connectivity index (χ3n) is 2.67. The van der Waals surface area contributed by atoms with Gasteiger partial charge in [-0.05, 0) is 31.9 Å². The number of furan rings is 1. The van der Waals surface area contributed by atoms with Crippen molar-refractivity contribution in [1.29, 1.82) is 0 Å². The van der Waals surface area contributed by atoms with Crippen molar-refractivity contribution in [2.24, 2.45) is 0 Å². The highest BCUT2D eigenvalue weighted by molar-refractivity contribution is 5.91. The molecule has 1 unspecified atom stereocenters. The molecule has 1 aliphatic heterocycles. The normalized spacial score (nSPS) is 26.7. The van der Waals surface area contributed by atoms with Crippen LogP contribution < -0.4 is 0 Å². The zero-order valence-corrected chi connectivity index (χ0v) is 8.70. The van der Waals surface area contributed by atoms with E-state index in [0.717, 1.165) is 0 Å². The smallest absolute Gasteiger partial charge is 0.289 e. The van der Waals surface area contributed by atoms with Crippen LogP contribution in [0.4, 0.5) is 4.39 Å². The van der Waals surface area contributed by atoms with Crippen LogP contribution in [-0.4, -0.2) is 29.6 Å². The van der Waals surface area contributed by atoms with E-state index in [1.165, 1.54) is 18.1 Å². The van der Waals surface area contributed by atoms with Gasteiger partial charge in [-0.15, -0.1) is 0 Å². The lowest BCUT2D eigenvalue weighted by Gasteiger charge is -2.34. The van der Waals surface area contributed by atoms with Gasteiger partial charge in [0.15, 0.2) is 5.76 Å². The Bertz CT molecular complexity index is 345. The fourth-order valence-corrected chi connectivity index (χ4v) is 1.92. The van der Waals surface area contributed by atoms with E-state index in [1.807, 2.05) is 0 Å². The van der Waals surface area contributed by atoms with E-state index in [2.05, 4.69) is 0 Å². The van der Waals surface area contributed by atoms with Crippen molar-refractivity contribution in [2.45, 2.75) is 25.4 Å². The second-order valence-electron chi connectivity index (χ2n) is 4.22. The molecule has 15 heavy (non-hydrogen) atoms. The molecule has 0 aliphatic carbocycles. The van der Waals surface area contributed by atoms with Crippen molar-refractivity contribution in [3.8, 4) is 0 Å². The number of carbonyl (C=O) groups excluding carboxylic acids is 1. The molecule has 0 aromatic carbocycles. The molecule has 0 N–H and O–H groups in total. The Kier molecular flexibility index (Phi) is 2.50. The van der Waals surface area contributed by atoms with Crippen LogP contribution in [0.1, 0.15) is 30.3 Å². The zero-order chi connectivity index (χ0) is 10.9. The van der Waals surface area contributed by atoms with Crippen molar-refractivity contribution >= 4 is 5.91 Å². The van der Waals surface area contributed by atoms with Crippen molar-refractivity contribution in [3.05, 3.63) is 24.2 Å². The van der Waals surface area contributed by atoms with Crippen molar-refractivity contribution in [1.82, 2.24) is 4.90 Å². The Hall–Kier alpha value is -1.32. The van der Waals surface area contributed by atoms with E-state index in [9.17, 15) is 9.18 Å². The maximum Gasteiger partial charge on any atom is 0.289 e. The summed E-state index contributed by atoms with van der Waals surface area (Å²) >= 11 is 0. The number of nitrogens with zero attached hydrogens (tertiary/aromatic N) is 1. The minimum Gasteiger partial charge on any atom is -0.459 e. The predicted molar refractivity (Wildman–Crippen MR) is 53.4 cm³/mol. The van der Waals surface area contributed by atoms with Crippen LogP contribution in [0.5, 0.6) is 0 Å². The third kappa shape index (κ3) is 2.19. The Balaban J connectivity index is 2.08. The van der Waals surface area contributed by atoms with E-state index in [4.69, 9.17) is 4.42 Å². The molecule has 0 spiro atoms. The molecule has 0 saturated carbocycles. The van der Waals surface area contributed by atoms with Crippen LogP contribution >= 0.6 is 0 Å². The average molecular weight is 211 g/mol. The number of hydrogen-bond donors (Lipinski definition) is 0. The summed E-state index contributed by atoms with van der Waals surface area (Å²) in [5.41, 5.74) is -1.26. The zero-order valence-electron chi connectivity index (χ0n) is 8.70. The molecule has 3 nitrogen and oxygen atoms in total. The fraction of sp³-hybridized carbons (Fsp3) is 0.545. The maximum atomic E-state index is 13.7. The average Bonchev–Trinajstić information content (AvgIpc) is 2.67. The molecule has 4 heteroatoms. The van der Waals surface area contributed by atoms with Gasteiger partial charge in [0.1, 0.15) is 5.67 Å². The molecule has 1 saturated heterocycles. The number of piperidine rings is 1. The summed E-state index contributed by atoms with van der Waals surface area (Å²) in [6, 6.07) is 3.26. The first kappa shape index (κ1) is 10.2. The monoisotopic (exact) mass is 211 g/mol. The highest BCUT2D eigenvalue weighted by Gasteiger charge is 2.33. The quantitative estimate of drug-likeness (QED) is 0.713. The molecular formula is C11H14FNO2. The maximum absolute atomic E-state index is 13.7. The Morgan fingerprint density at radius 2 is 2.47 bits per heavy atom. The first-order chi connectivity index (χ1) is 7.08. The molecule has 1 fully saturated rings. The summed E-state index contributed by atoms with van der Waals surface area (Å²) < 4.78 is 18.7. The van der Waals surface area contributed by atoms with Crippen LogP contribution in [0.25, 0.3) is 0 Å². The van der Waals surface area contributed by atoms with Gasteiger partial charge in [-0.3, -0.25) is 4.79 Å². The van der Waals surface area contributed by atoms with E-state index < -0.39 is 5.67 Å². The molecule has 2 heterocycles. The summed E-state index contributed by atoms with van der Waals surface area (Å²) in [6.07, 6.45) is 2.68. The van der Waals surface area contributed by atoms with Gasteiger partial charge in [-0.2, -0.15) is 0 Å². The molecule has 1 aliphatic rings. The molecule has 2 rings (SSSR count).